The first-order chi connectivity index (χ1) is 6.27. The summed E-state index contributed by atoms with van der Waals surface area (Å²) in [7, 11) is 3.89. The van der Waals surface area contributed by atoms with Crippen molar-refractivity contribution in [2.24, 2.45) is 7.05 Å². The molecule has 1 aromatic heterocycles. The number of rotatable bonds is 3. The van der Waals surface area contributed by atoms with Gasteiger partial charge in [-0.15, -0.1) is 11.8 Å². The van der Waals surface area contributed by atoms with Crippen LogP contribution in [-0.2, 0) is 7.05 Å². The van der Waals surface area contributed by atoms with Gasteiger partial charge in [0, 0.05) is 19.7 Å². The molecule has 0 radical (unpaired) electrons. The number of nitrogens with zero attached hydrogens (tertiary/aromatic N) is 2. The number of hydrogen-bond acceptors (Lipinski definition) is 2. The second-order valence-electron chi connectivity index (χ2n) is 2.94. The normalized spacial score (nSPS) is 11.9. The van der Waals surface area contributed by atoms with Gasteiger partial charge >= 0.3 is 0 Å². The predicted molar refractivity (Wildman–Crippen MR) is 53.1 cm³/mol. The number of nitrogens with one attached hydrogen (secondary N) is 1. The topological polar surface area (TPSA) is 29.9 Å². The fourth-order valence-electron chi connectivity index (χ4n) is 1.17. The Bertz CT molecular complexity index is 316. The van der Waals surface area contributed by atoms with Crippen molar-refractivity contribution in [3.05, 3.63) is 18.2 Å². The number of aryl methyl sites for hydroxylation is 1. The highest BCUT2D eigenvalue weighted by Crippen LogP contribution is 2.12. The third-order valence-electron chi connectivity index (χ3n) is 1.91. The van der Waals surface area contributed by atoms with E-state index in [0.29, 0.717) is 0 Å². The Hall–Kier alpha value is -1.27. The van der Waals surface area contributed by atoms with Gasteiger partial charge in [-0.25, -0.2) is 4.98 Å². The van der Waals surface area contributed by atoms with Crippen LogP contribution in [0.3, 0.4) is 0 Å². The third-order valence-corrected chi connectivity index (χ3v) is 1.91. The van der Waals surface area contributed by atoms with E-state index in [2.05, 4.69) is 22.1 Å². The Morgan fingerprint density at radius 1 is 1.69 bits per heavy atom. The van der Waals surface area contributed by atoms with Crippen molar-refractivity contribution in [2.75, 3.05) is 7.05 Å². The summed E-state index contributed by atoms with van der Waals surface area (Å²) >= 11 is 0. The van der Waals surface area contributed by atoms with Gasteiger partial charge in [-0.05, 0) is 14.0 Å². The van der Waals surface area contributed by atoms with E-state index in [1.807, 2.05) is 31.8 Å². The molecule has 3 nitrogen and oxygen atoms in total. The van der Waals surface area contributed by atoms with Gasteiger partial charge in [0.1, 0.15) is 0 Å². The molecule has 0 bridgehead atoms. The van der Waals surface area contributed by atoms with Gasteiger partial charge in [0.05, 0.1) is 18.1 Å². The van der Waals surface area contributed by atoms with Crippen LogP contribution in [0.2, 0.25) is 0 Å². The highest BCUT2D eigenvalue weighted by atomic mass is 15.0. The molecule has 1 heterocycles. The Morgan fingerprint density at radius 2 is 2.46 bits per heavy atom. The minimum atomic E-state index is 0.244. The van der Waals surface area contributed by atoms with Crippen LogP contribution in [0.1, 0.15) is 25.1 Å². The molecule has 0 spiro atoms. The zero-order valence-corrected chi connectivity index (χ0v) is 8.33. The molecule has 0 aromatic carbocycles. The summed E-state index contributed by atoms with van der Waals surface area (Å²) < 4.78 is 1.94. The molecule has 1 N–H and O–H groups in total. The second-order valence-corrected chi connectivity index (χ2v) is 2.94. The zero-order chi connectivity index (χ0) is 9.68. The van der Waals surface area contributed by atoms with E-state index in [0.717, 1.165) is 12.1 Å². The summed E-state index contributed by atoms with van der Waals surface area (Å²) in [5.74, 6) is 5.93. The van der Waals surface area contributed by atoms with Gasteiger partial charge in [0.25, 0.3) is 0 Å². The van der Waals surface area contributed by atoms with E-state index in [4.69, 9.17) is 0 Å². The minimum absolute atomic E-state index is 0.244. The predicted octanol–water partition coefficient (Wildman–Crippen LogP) is 1.09. The van der Waals surface area contributed by atoms with Gasteiger partial charge < -0.3 is 9.88 Å². The molecule has 1 atom stereocenters. The smallest absolute Gasteiger partial charge is 0.0947 e. The first kappa shape index (κ1) is 9.82. The largest absolute Gasteiger partial charge is 0.340 e. The molecule has 13 heavy (non-hydrogen) atoms. The molecule has 0 saturated carbocycles. The van der Waals surface area contributed by atoms with Crippen LogP contribution in [0.25, 0.3) is 0 Å². The Morgan fingerprint density at radius 3 is 2.92 bits per heavy atom. The van der Waals surface area contributed by atoms with Crippen LogP contribution < -0.4 is 5.32 Å². The van der Waals surface area contributed by atoms with Crippen molar-refractivity contribution in [1.82, 2.24) is 14.9 Å². The lowest BCUT2D eigenvalue weighted by atomic mass is 10.1. The summed E-state index contributed by atoms with van der Waals surface area (Å²) in [4.78, 5) is 4.27. The molecule has 0 amide bonds. The second kappa shape index (κ2) is 4.68. The fraction of sp³-hybridized carbons (Fsp3) is 0.500. The third kappa shape index (κ3) is 2.60. The van der Waals surface area contributed by atoms with E-state index in [1.54, 1.807) is 6.33 Å². The molecule has 0 aliphatic rings. The van der Waals surface area contributed by atoms with Crippen molar-refractivity contribution in [3.8, 4) is 11.8 Å². The van der Waals surface area contributed by atoms with E-state index in [1.165, 1.54) is 0 Å². The van der Waals surface area contributed by atoms with Crippen LogP contribution in [0, 0.1) is 11.8 Å². The molecule has 3 heteroatoms. The molecule has 70 valence electrons. The summed E-state index contributed by atoms with van der Waals surface area (Å²) in [5, 5.41) is 3.19. The minimum Gasteiger partial charge on any atom is -0.340 e. The first-order valence-corrected chi connectivity index (χ1v) is 4.32. The lowest BCUT2D eigenvalue weighted by Gasteiger charge is -2.08. The molecular formula is C10H15N3. The van der Waals surface area contributed by atoms with Crippen LogP contribution in [-0.4, -0.2) is 16.6 Å². The molecule has 0 saturated heterocycles. The summed E-state index contributed by atoms with van der Waals surface area (Å²) in [6.45, 7) is 1.85. The SMILES string of the molecule is CC#CCC(NC)c1cn(C)cn1. The number of aromatic nitrogens is 2. The maximum Gasteiger partial charge on any atom is 0.0947 e. The van der Waals surface area contributed by atoms with E-state index in [9.17, 15) is 0 Å². The van der Waals surface area contributed by atoms with Gasteiger partial charge in [-0.2, -0.15) is 0 Å². The molecule has 1 rings (SSSR count). The van der Waals surface area contributed by atoms with Crippen molar-refractivity contribution in [3.63, 3.8) is 0 Å². The van der Waals surface area contributed by atoms with Gasteiger partial charge in [-0.3, -0.25) is 0 Å². The van der Waals surface area contributed by atoms with Crippen LogP contribution in [0.4, 0.5) is 0 Å². The monoisotopic (exact) mass is 177 g/mol. The maximum atomic E-state index is 4.27. The summed E-state index contributed by atoms with van der Waals surface area (Å²) in [5.41, 5.74) is 1.05. The number of hydrogen-bond donors (Lipinski definition) is 1. The number of imidazole rings is 1. The first-order valence-electron chi connectivity index (χ1n) is 4.32. The summed E-state index contributed by atoms with van der Waals surface area (Å²) in [6.07, 6.45) is 4.63. The molecule has 0 fully saturated rings. The average Bonchev–Trinajstić information content (AvgIpc) is 2.54. The highest BCUT2D eigenvalue weighted by Gasteiger charge is 2.09. The van der Waals surface area contributed by atoms with E-state index < -0.39 is 0 Å². The highest BCUT2D eigenvalue weighted by molar-refractivity contribution is 5.09. The molecule has 1 aromatic rings. The van der Waals surface area contributed by atoms with E-state index in [-0.39, 0.29) is 6.04 Å². The molecule has 1 unspecified atom stereocenters. The Balaban J connectivity index is 2.70. The molecular weight excluding hydrogens is 162 g/mol. The quantitative estimate of drug-likeness (QED) is 0.700. The lowest BCUT2D eigenvalue weighted by Crippen LogP contribution is -2.16. The summed E-state index contributed by atoms with van der Waals surface area (Å²) in [6, 6.07) is 0.244. The average molecular weight is 177 g/mol. The maximum absolute atomic E-state index is 4.27. The van der Waals surface area contributed by atoms with Crippen molar-refractivity contribution in [2.45, 2.75) is 19.4 Å². The van der Waals surface area contributed by atoms with Crippen LogP contribution in [0.5, 0.6) is 0 Å². The lowest BCUT2D eigenvalue weighted by molar-refractivity contribution is 0.596. The van der Waals surface area contributed by atoms with Crippen molar-refractivity contribution >= 4 is 0 Å². The van der Waals surface area contributed by atoms with Crippen LogP contribution >= 0.6 is 0 Å². The molecule has 0 aliphatic heterocycles. The molecule has 0 aliphatic carbocycles. The van der Waals surface area contributed by atoms with Gasteiger partial charge in [0.15, 0.2) is 0 Å². The Kier molecular flexibility index (Phi) is 3.53. The van der Waals surface area contributed by atoms with Gasteiger partial charge in [0.2, 0.25) is 0 Å². The fourth-order valence-corrected chi connectivity index (χ4v) is 1.17. The zero-order valence-electron chi connectivity index (χ0n) is 8.33. The van der Waals surface area contributed by atoms with Crippen molar-refractivity contribution < 1.29 is 0 Å². The van der Waals surface area contributed by atoms with Crippen LogP contribution in [0.15, 0.2) is 12.5 Å². The standard InChI is InChI=1S/C10H15N3/c1-4-5-6-9(11-2)10-7-13(3)8-12-10/h7-9,11H,6H2,1-3H3. The van der Waals surface area contributed by atoms with Crippen molar-refractivity contribution in [1.29, 1.82) is 0 Å². The van der Waals surface area contributed by atoms with Gasteiger partial charge in [-0.1, -0.05) is 0 Å². The van der Waals surface area contributed by atoms with E-state index >= 15 is 0 Å². The Labute approximate surface area is 79.2 Å².